The minimum atomic E-state index is 0.804. The van der Waals surface area contributed by atoms with Gasteiger partial charge in [0.05, 0.1) is 6.26 Å². The summed E-state index contributed by atoms with van der Waals surface area (Å²) in [6.45, 7) is 4.01. The van der Waals surface area contributed by atoms with Gasteiger partial charge in [-0.1, -0.05) is 0 Å². The van der Waals surface area contributed by atoms with E-state index in [0.29, 0.717) is 0 Å². The van der Waals surface area contributed by atoms with Gasteiger partial charge in [-0.2, -0.15) is 0 Å². The molecule has 2 aromatic rings. The zero-order valence-electron chi connectivity index (χ0n) is 7.43. The summed E-state index contributed by atoms with van der Waals surface area (Å²) in [6.07, 6.45) is 1.73. The SMILES string of the molecule is Cc1coc(-c2oc(I)cc2C)c1. The van der Waals surface area contributed by atoms with Gasteiger partial charge >= 0.3 is 0 Å². The number of hydrogen-bond donors (Lipinski definition) is 0. The monoisotopic (exact) mass is 288 g/mol. The summed E-state index contributed by atoms with van der Waals surface area (Å²) < 4.78 is 11.7. The van der Waals surface area contributed by atoms with Gasteiger partial charge in [-0.3, -0.25) is 0 Å². The Labute approximate surface area is 90.1 Å². The molecule has 3 heteroatoms. The van der Waals surface area contributed by atoms with Crippen molar-refractivity contribution in [1.82, 2.24) is 0 Å². The van der Waals surface area contributed by atoms with Crippen LogP contribution >= 0.6 is 22.6 Å². The van der Waals surface area contributed by atoms with E-state index in [4.69, 9.17) is 8.83 Å². The molecular weight excluding hydrogens is 279 g/mol. The Bertz CT molecular complexity index is 426. The molecule has 0 spiro atoms. The van der Waals surface area contributed by atoms with Crippen LogP contribution in [0.3, 0.4) is 0 Å². The molecule has 2 rings (SSSR count). The predicted molar refractivity (Wildman–Crippen MR) is 58.6 cm³/mol. The molecule has 0 saturated carbocycles. The van der Waals surface area contributed by atoms with Gasteiger partial charge in [0.15, 0.2) is 15.3 Å². The quantitative estimate of drug-likeness (QED) is 0.747. The Morgan fingerprint density at radius 2 is 2.00 bits per heavy atom. The van der Waals surface area contributed by atoms with Crippen molar-refractivity contribution in [1.29, 1.82) is 0 Å². The first kappa shape index (κ1) is 8.87. The number of hydrogen-bond acceptors (Lipinski definition) is 2. The minimum Gasteiger partial charge on any atom is -0.461 e. The Kier molecular flexibility index (Phi) is 2.19. The van der Waals surface area contributed by atoms with E-state index >= 15 is 0 Å². The number of furan rings is 2. The predicted octanol–water partition coefficient (Wildman–Crippen LogP) is 3.76. The summed E-state index contributed by atoms with van der Waals surface area (Å²) in [5.41, 5.74) is 2.22. The second kappa shape index (κ2) is 3.21. The number of halogens is 1. The van der Waals surface area contributed by atoms with E-state index in [1.54, 1.807) is 6.26 Å². The normalized spacial score (nSPS) is 10.7. The van der Waals surface area contributed by atoms with E-state index in [0.717, 1.165) is 26.4 Å². The van der Waals surface area contributed by atoms with Crippen molar-refractivity contribution in [3.63, 3.8) is 0 Å². The third-order valence-electron chi connectivity index (χ3n) is 1.84. The van der Waals surface area contributed by atoms with Crippen LogP contribution in [0.15, 0.2) is 27.2 Å². The zero-order valence-corrected chi connectivity index (χ0v) is 9.58. The molecule has 0 atom stereocenters. The molecule has 0 bridgehead atoms. The molecule has 0 unspecified atom stereocenters. The molecule has 0 aliphatic carbocycles. The molecule has 0 aliphatic heterocycles. The van der Waals surface area contributed by atoms with Crippen LogP contribution in [0.5, 0.6) is 0 Å². The van der Waals surface area contributed by atoms with Crippen LogP contribution in [0.1, 0.15) is 11.1 Å². The second-order valence-electron chi connectivity index (χ2n) is 3.05. The van der Waals surface area contributed by atoms with Crippen LogP contribution in [0.4, 0.5) is 0 Å². The summed E-state index contributed by atoms with van der Waals surface area (Å²) in [7, 11) is 0. The zero-order chi connectivity index (χ0) is 9.42. The maximum Gasteiger partial charge on any atom is 0.173 e. The van der Waals surface area contributed by atoms with E-state index in [1.165, 1.54) is 0 Å². The number of aryl methyl sites for hydroxylation is 2. The lowest BCUT2D eigenvalue weighted by Crippen LogP contribution is -1.70. The average molecular weight is 288 g/mol. The molecule has 68 valence electrons. The van der Waals surface area contributed by atoms with Crippen molar-refractivity contribution in [2.45, 2.75) is 13.8 Å². The molecule has 2 aromatic heterocycles. The Hall–Kier alpha value is -0.710. The van der Waals surface area contributed by atoms with E-state index in [1.807, 2.05) is 26.0 Å². The molecule has 2 nitrogen and oxygen atoms in total. The topological polar surface area (TPSA) is 26.3 Å². The Balaban J connectivity index is 2.51. The van der Waals surface area contributed by atoms with Gasteiger partial charge in [0.1, 0.15) is 0 Å². The molecule has 0 radical (unpaired) electrons. The maximum atomic E-state index is 5.51. The smallest absolute Gasteiger partial charge is 0.173 e. The molecule has 0 saturated heterocycles. The fourth-order valence-electron chi connectivity index (χ4n) is 1.24. The van der Waals surface area contributed by atoms with Crippen molar-refractivity contribution in [2.24, 2.45) is 0 Å². The lowest BCUT2D eigenvalue weighted by molar-refractivity contribution is 0.507. The first-order valence-electron chi connectivity index (χ1n) is 3.98. The lowest BCUT2D eigenvalue weighted by Gasteiger charge is -1.90. The molecule has 0 amide bonds. The van der Waals surface area contributed by atoms with Crippen LogP contribution in [-0.4, -0.2) is 0 Å². The van der Waals surface area contributed by atoms with Crippen LogP contribution in [0.25, 0.3) is 11.5 Å². The van der Waals surface area contributed by atoms with Gasteiger partial charge in [0.25, 0.3) is 0 Å². The van der Waals surface area contributed by atoms with Gasteiger partial charge in [-0.05, 0) is 59.7 Å². The van der Waals surface area contributed by atoms with Crippen molar-refractivity contribution in [3.05, 3.63) is 33.3 Å². The van der Waals surface area contributed by atoms with Gasteiger partial charge in [0.2, 0.25) is 0 Å². The highest BCUT2D eigenvalue weighted by atomic mass is 127. The van der Waals surface area contributed by atoms with Crippen molar-refractivity contribution in [2.75, 3.05) is 0 Å². The molecule has 0 aromatic carbocycles. The van der Waals surface area contributed by atoms with E-state index in [2.05, 4.69) is 22.6 Å². The fraction of sp³-hybridized carbons (Fsp3) is 0.200. The lowest BCUT2D eigenvalue weighted by atomic mass is 10.2. The molecular formula is C10H9IO2. The van der Waals surface area contributed by atoms with Crippen molar-refractivity contribution in [3.8, 4) is 11.5 Å². The number of rotatable bonds is 1. The van der Waals surface area contributed by atoms with Crippen LogP contribution < -0.4 is 0 Å². The summed E-state index contributed by atoms with van der Waals surface area (Å²) in [5.74, 6) is 1.63. The first-order chi connectivity index (χ1) is 6.16. The molecule has 13 heavy (non-hydrogen) atoms. The Morgan fingerprint density at radius 3 is 2.46 bits per heavy atom. The van der Waals surface area contributed by atoms with Gasteiger partial charge in [-0.25, -0.2) is 0 Å². The van der Waals surface area contributed by atoms with Crippen LogP contribution in [0.2, 0.25) is 0 Å². The average Bonchev–Trinajstić information content (AvgIpc) is 2.58. The fourth-order valence-corrected chi connectivity index (χ4v) is 1.93. The maximum absolute atomic E-state index is 5.51. The third kappa shape index (κ3) is 1.65. The molecule has 0 aliphatic rings. The third-order valence-corrected chi connectivity index (χ3v) is 2.37. The van der Waals surface area contributed by atoms with Crippen LogP contribution in [-0.2, 0) is 0 Å². The molecule has 0 fully saturated rings. The van der Waals surface area contributed by atoms with Gasteiger partial charge in [-0.15, -0.1) is 0 Å². The highest BCUT2D eigenvalue weighted by Gasteiger charge is 2.11. The van der Waals surface area contributed by atoms with E-state index in [-0.39, 0.29) is 0 Å². The summed E-state index contributed by atoms with van der Waals surface area (Å²) in [4.78, 5) is 0. The van der Waals surface area contributed by atoms with E-state index < -0.39 is 0 Å². The van der Waals surface area contributed by atoms with E-state index in [9.17, 15) is 0 Å². The Morgan fingerprint density at radius 1 is 1.23 bits per heavy atom. The largest absolute Gasteiger partial charge is 0.461 e. The second-order valence-corrected chi connectivity index (χ2v) is 4.11. The summed E-state index contributed by atoms with van der Waals surface area (Å²) >= 11 is 2.15. The van der Waals surface area contributed by atoms with Crippen molar-refractivity contribution >= 4 is 22.6 Å². The summed E-state index contributed by atoms with van der Waals surface area (Å²) in [5, 5.41) is 0. The van der Waals surface area contributed by atoms with Crippen LogP contribution in [0, 0.1) is 17.6 Å². The molecule has 2 heterocycles. The molecule has 0 N–H and O–H groups in total. The minimum absolute atomic E-state index is 0.804. The highest BCUT2D eigenvalue weighted by molar-refractivity contribution is 14.1. The highest BCUT2D eigenvalue weighted by Crippen LogP contribution is 2.28. The van der Waals surface area contributed by atoms with Gasteiger partial charge in [0, 0.05) is 0 Å². The van der Waals surface area contributed by atoms with Crippen molar-refractivity contribution < 1.29 is 8.83 Å². The first-order valence-corrected chi connectivity index (χ1v) is 5.06. The standard InChI is InChI=1S/C10H9IO2/c1-6-3-8(12-5-6)10-7(2)4-9(11)13-10/h3-5H,1-2H3. The van der Waals surface area contributed by atoms with Gasteiger partial charge < -0.3 is 8.83 Å². The summed E-state index contributed by atoms with van der Waals surface area (Å²) in [6, 6.07) is 3.97.